The Morgan fingerprint density at radius 3 is 2.64 bits per heavy atom. The summed E-state index contributed by atoms with van der Waals surface area (Å²) in [5, 5.41) is 13.9. The predicted molar refractivity (Wildman–Crippen MR) is 97.8 cm³/mol. The van der Waals surface area contributed by atoms with E-state index in [0.717, 1.165) is 11.0 Å². The molecule has 1 atom stereocenters. The summed E-state index contributed by atoms with van der Waals surface area (Å²) in [5.41, 5.74) is 1.90. The lowest BCUT2D eigenvalue weighted by Crippen LogP contribution is -2.23. The van der Waals surface area contributed by atoms with E-state index in [9.17, 15) is 14.9 Å². The summed E-state index contributed by atoms with van der Waals surface area (Å²) in [7, 11) is 1.89. The van der Waals surface area contributed by atoms with Crippen LogP contribution in [-0.4, -0.2) is 25.6 Å². The van der Waals surface area contributed by atoms with Crippen molar-refractivity contribution in [2.45, 2.75) is 17.3 Å². The summed E-state index contributed by atoms with van der Waals surface area (Å²) < 4.78 is 1.93. The molecule has 0 aliphatic carbocycles. The van der Waals surface area contributed by atoms with Gasteiger partial charge in [-0.2, -0.15) is 0 Å². The number of rotatable bonds is 5. The van der Waals surface area contributed by atoms with Crippen molar-refractivity contribution in [1.29, 1.82) is 0 Å². The zero-order valence-electron chi connectivity index (χ0n) is 13.7. The SMILES string of the molecule is C[C@H](Sc1nc2ccccc2n1C)C(=O)Nc1ccccc1[N+](=O)[O-]. The van der Waals surface area contributed by atoms with Crippen LogP contribution in [0.2, 0.25) is 0 Å². The number of nitrogens with zero attached hydrogens (tertiary/aromatic N) is 3. The normalized spacial score (nSPS) is 12.1. The third kappa shape index (κ3) is 3.48. The number of hydrogen-bond acceptors (Lipinski definition) is 5. The molecule has 8 heteroatoms. The maximum Gasteiger partial charge on any atom is 0.292 e. The minimum atomic E-state index is -0.515. The average molecular weight is 356 g/mol. The van der Waals surface area contributed by atoms with Crippen molar-refractivity contribution in [3.63, 3.8) is 0 Å². The number of aryl methyl sites for hydroxylation is 1. The molecule has 0 bridgehead atoms. The highest BCUT2D eigenvalue weighted by Crippen LogP contribution is 2.28. The van der Waals surface area contributed by atoms with Crippen LogP contribution < -0.4 is 5.32 Å². The molecule has 1 amide bonds. The number of carbonyl (C=O) groups excluding carboxylic acids is 1. The third-order valence-electron chi connectivity index (χ3n) is 3.76. The van der Waals surface area contributed by atoms with Gasteiger partial charge >= 0.3 is 0 Å². The third-order valence-corrected chi connectivity index (χ3v) is 4.90. The summed E-state index contributed by atoms with van der Waals surface area (Å²) in [6.07, 6.45) is 0. The van der Waals surface area contributed by atoms with E-state index in [-0.39, 0.29) is 17.3 Å². The van der Waals surface area contributed by atoms with Crippen LogP contribution >= 0.6 is 11.8 Å². The molecule has 3 aromatic rings. The van der Waals surface area contributed by atoms with Crippen LogP contribution in [0.3, 0.4) is 0 Å². The van der Waals surface area contributed by atoms with Gasteiger partial charge in [0.05, 0.1) is 21.2 Å². The van der Waals surface area contributed by atoms with E-state index in [0.29, 0.717) is 5.16 Å². The molecule has 0 fully saturated rings. The van der Waals surface area contributed by atoms with E-state index in [1.165, 1.54) is 23.9 Å². The first-order valence-electron chi connectivity index (χ1n) is 7.60. The molecule has 1 aromatic heterocycles. The van der Waals surface area contributed by atoms with Crippen molar-refractivity contribution >= 4 is 40.1 Å². The minimum absolute atomic E-state index is 0.129. The highest BCUT2D eigenvalue weighted by Gasteiger charge is 2.21. The number of anilines is 1. The second-order valence-electron chi connectivity index (χ2n) is 5.47. The minimum Gasteiger partial charge on any atom is -0.322 e. The molecular weight excluding hydrogens is 340 g/mol. The van der Waals surface area contributed by atoms with Crippen molar-refractivity contribution in [3.8, 4) is 0 Å². The fraction of sp³-hybridized carbons (Fsp3) is 0.176. The highest BCUT2D eigenvalue weighted by atomic mass is 32.2. The van der Waals surface area contributed by atoms with Crippen LogP contribution in [0.5, 0.6) is 0 Å². The number of nitro groups is 1. The Kier molecular flexibility index (Phi) is 4.71. The van der Waals surface area contributed by atoms with Gasteiger partial charge < -0.3 is 9.88 Å². The molecule has 0 saturated heterocycles. The van der Waals surface area contributed by atoms with Crippen molar-refractivity contribution in [2.24, 2.45) is 7.05 Å². The van der Waals surface area contributed by atoms with E-state index in [4.69, 9.17) is 0 Å². The lowest BCUT2D eigenvalue weighted by Gasteiger charge is -2.12. The average Bonchev–Trinajstić information content (AvgIpc) is 2.91. The molecule has 7 nitrogen and oxygen atoms in total. The number of benzene rings is 2. The van der Waals surface area contributed by atoms with Crippen molar-refractivity contribution < 1.29 is 9.72 Å². The number of imidazole rings is 1. The Bertz CT molecular complexity index is 954. The van der Waals surface area contributed by atoms with Gasteiger partial charge in [0.15, 0.2) is 5.16 Å². The molecule has 3 rings (SSSR count). The lowest BCUT2D eigenvalue weighted by atomic mass is 10.2. The van der Waals surface area contributed by atoms with Crippen LogP contribution in [0.15, 0.2) is 53.7 Å². The second-order valence-corrected chi connectivity index (χ2v) is 6.77. The van der Waals surface area contributed by atoms with E-state index in [1.807, 2.05) is 35.9 Å². The highest BCUT2D eigenvalue weighted by molar-refractivity contribution is 8.00. The van der Waals surface area contributed by atoms with Gasteiger partial charge in [-0.1, -0.05) is 36.0 Å². The van der Waals surface area contributed by atoms with Gasteiger partial charge in [0.1, 0.15) is 5.69 Å². The summed E-state index contributed by atoms with van der Waals surface area (Å²) in [6.45, 7) is 1.74. The fourth-order valence-corrected chi connectivity index (χ4v) is 3.30. The van der Waals surface area contributed by atoms with Crippen LogP contribution in [-0.2, 0) is 11.8 Å². The van der Waals surface area contributed by atoms with E-state index in [2.05, 4.69) is 10.3 Å². The summed E-state index contributed by atoms with van der Waals surface area (Å²) in [5.74, 6) is -0.314. The van der Waals surface area contributed by atoms with Crippen molar-refractivity contribution in [1.82, 2.24) is 9.55 Å². The molecule has 2 aromatic carbocycles. The van der Waals surface area contributed by atoms with E-state index >= 15 is 0 Å². The van der Waals surface area contributed by atoms with Crippen LogP contribution in [0.1, 0.15) is 6.92 Å². The topological polar surface area (TPSA) is 90.1 Å². The molecule has 0 radical (unpaired) electrons. The number of fused-ring (bicyclic) bond motifs is 1. The van der Waals surface area contributed by atoms with Crippen molar-refractivity contribution in [3.05, 3.63) is 58.6 Å². The lowest BCUT2D eigenvalue weighted by molar-refractivity contribution is -0.383. The van der Waals surface area contributed by atoms with Crippen LogP contribution in [0.25, 0.3) is 11.0 Å². The summed E-state index contributed by atoms with van der Waals surface area (Å²) in [4.78, 5) is 27.5. The van der Waals surface area contributed by atoms with Gasteiger partial charge in [-0.25, -0.2) is 4.98 Å². The molecule has 128 valence electrons. The van der Waals surface area contributed by atoms with Crippen molar-refractivity contribution in [2.75, 3.05) is 5.32 Å². The molecule has 0 saturated carbocycles. The van der Waals surface area contributed by atoms with Crippen LogP contribution in [0, 0.1) is 10.1 Å². The zero-order chi connectivity index (χ0) is 18.0. The number of para-hydroxylation sites is 4. The van der Waals surface area contributed by atoms with Crippen LogP contribution in [0.4, 0.5) is 11.4 Å². The summed E-state index contributed by atoms with van der Waals surface area (Å²) in [6, 6.07) is 13.8. The first-order chi connectivity index (χ1) is 12.0. The monoisotopic (exact) mass is 356 g/mol. The molecular formula is C17H16N4O3S. The second kappa shape index (κ2) is 6.94. The number of aromatic nitrogens is 2. The first kappa shape index (κ1) is 17.0. The van der Waals surface area contributed by atoms with Gasteiger partial charge in [-0.3, -0.25) is 14.9 Å². The first-order valence-corrected chi connectivity index (χ1v) is 8.47. The maximum atomic E-state index is 12.4. The summed E-state index contributed by atoms with van der Waals surface area (Å²) >= 11 is 1.31. The quantitative estimate of drug-likeness (QED) is 0.428. The molecule has 0 aliphatic heterocycles. The molecule has 0 unspecified atom stereocenters. The van der Waals surface area contributed by atoms with Gasteiger partial charge in [-0.15, -0.1) is 0 Å². The zero-order valence-corrected chi connectivity index (χ0v) is 14.5. The number of amides is 1. The number of nitrogens with one attached hydrogen (secondary N) is 1. The Morgan fingerprint density at radius 1 is 1.24 bits per heavy atom. The Hall–Kier alpha value is -2.87. The van der Waals surface area contributed by atoms with Gasteiger partial charge in [0.25, 0.3) is 5.69 Å². The number of hydrogen-bond donors (Lipinski definition) is 1. The Balaban J connectivity index is 1.77. The number of carbonyl (C=O) groups is 1. The van der Waals surface area contributed by atoms with Gasteiger partial charge in [0.2, 0.25) is 5.91 Å². The largest absolute Gasteiger partial charge is 0.322 e. The molecule has 0 spiro atoms. The molecule has 1 N–H and O–H groups in total. The molecule has 1 heterocycles. The predicted octanol–water partition coefficient (Wildman–Crippen LogP) is 3.60. The maximum absolute atomic E-state index is 12.4. The molecule has 25 heavy (non-hydrogen) atoms. The smallest absolute Gasteiger partial charge is 0.292 e. The standard InChI is InChI=1S/C17H16N4O3S/c1-11(16(22)18-13-8-4-6-10-15(13)21(23)24)25-17-19-12-7-3-5-9-14(12)20(17)2/h3-11H,1-2H3,(H,18,22)/t11-/m0/s1. The number of thioether (sulfide) groups is 1. The van der Waals surface area contributed by atoms with E-state index in [1.54, 1.807) is 19.1 Å². The number of nitro benzene ring substituents is 1. The van der Waals surface area contributed by atoms with Gasteiger partial charge in [-0.05, 0) is 25.1 Å². The Morgan fingerprint density at radius 2 is 1.92 bits per heavy atom. The van der Waals surface area contributed by atoms with E-state index < -0.39 is 10.2 Å². The molecule has 0 aliphatic rings. The fourth-order valence-electron chi connectivity index (χ4n) is 2.41. The van der Waals surface area contributed by atoms with Gasteiger partial charge in [0, 0.05) is 13.1 Å². The Labute approximate surface area is 148 Å².